The molecule has 0 bridgehead atoms. The molecule has 1 heterocycles. The lowest BCUT2D eigenvalue weighted by atomic mass is 10.2. The Bertz CT molecular complexity index is 956. The average molecular weight is 421 g/mol. The SMILES string of the molecule is Cc1ccc(OCCNc2ccc(S(=O)(=O)N3CCOCC3)cc2[N+](=O)[O-])cc1. The molecule has 0 atom stereocenters. The quantitative estimate of drug-likeness (QED) is 0.396. The second kappa shape index (κ2) is 9.21. The molecule has 29 heavy (non-hydrogen) atoms. The highest BCUT2D eigenvalue weighted by molar-refractivity contribution is 7.89. The van der Waals surface area contributed by atoms with Crippen molar-refractivity contribution in [2.75, 3.05) is 44.8 Å². The maximum atomic E-state index is 12.7. The normalized spacial score (nSPS) is 15.1. The van der Waals surface area contributed by atoms with Crippen molar-refractivity contribution in [3.63, 3.8) is 0 Å². The van der Waals surface area contributed by atoms with E-state index >= 15 is 0 Å². The van der Waals surface area contributed by atoms with E-state index in [2.05, 4.69) is 5.32 Å². The summed E-state index contributed by atoms with van der Waals surface area (Å²) in [4.78, 5) is 10.8. The molecule has 0 aromatic heterocycles. The Morgan fingerprint density at radius 1 is 1.17 bits per heavy atom. The van der Waals surface area contributed by atoms with Crippen LogP contribution in [0.1, 0.15) is 5.56 Å². The molecular formula is C19H23N3O6S. The molecule has 0 amide bonds. The third-order valence-electron chi connectivity index (χ3n) is 4.48. The van der Waals surface area contributed by atoms with Gasteiger partial charge < -0.3 is 14.8 Å². The van der Waals surface area contributed by atoms with Crippen LogP contribution in [0.15, 0.2) is 47.4 Å². The van der Waals surface area contributed by atoms with Crippen LogP contribution >= 0.6 is 0 Å². The van der Waals surface area contributed by atoms with Gasteiger partial charge in [-0.05, 0) is 31.2 Å². The van der Waals surface area contributed by atoms with E-state index in [0.29, 0.717) is 32.1 Å². The molecule has 0 spiro atoms. The van der Waals surface area contributed by atoms with E-state index in [-0.39, 0.29) is 29.4 Å². The number of nitrogens with one attached hydrogen (secondary N) is 1. The summed E-state index contributed by atoms with van der Waals surface area (Å²) in [7, 11) is -3.80. The fourth-order valence-electron chi connectivity index (χ4n) is 2.90. The lowest BCUT2D eigenvalue weighted by Crippen LogP contribution is -2.40. The maximum Gasteiger partial charge on any atom is 0.293 e. The number of benzene rings is 2. The fourth-order valence-corrected chi connectivity index (χ4v) is 4.33. The highest BCUT2D eigenvalue weighted by Crippen LogP contribution is 2.29. The van der Waals surface area contributed by atoms with E-state index < -0.39 is 14.9 Å². The highest BCUT2D eigenvalue weighted by atomic mass is 32.2. The minimum atomic E-state index is -3.80. The summed E-state index contributed by atoms with van der Waals surface area (Å²) >= 11 is 0. The molecular weight excluding hydrogens is 398 g/mol. The fraction of sp³-hybridized carbons (Fsp3) is 0.368. The van der Waals surface area contributed by atoms with Crippen LogP contribution in [-0.4, -0.2) is 57.1 Å². The third-order valence-corrected chi connectivity index (χ3v) is 6.38. The number of nitrogens with zero attached hydrogens (tertiary/aromatic N) is 2. The summed E-state index contributed by atoms with van der Waals surface area (Å²) in [6.07, 6.45) is 0. The molecule has 0 saturated carbocycles. The van der Waals surface area contributed by atoms with Gasteiger partial charge in [-0.25, -0.2) is 8.42 Å². The number of anilines is 1. The van der Waals surface area contributed by atoms with E-state index in [1.807, 2.05) is 31.2 Å². The van der Waals surface area contributed by atoms with Gasteiger partial charge >= 0.3 is 0 Å². The second-order valence-electron chi connectivity index (χ2n) is 6.54. The topological polar surface area (TPSA) is 111 Å². The molecule has 2 aromatic carbocycles. The summed E-state index contributed by atoms with van der Waals surface area (Å²) in [5.74, 6) is 0.707. The Morgan fingerprint density at radius 3 is 2.52 bits per heavy atom. The number of hydrogen-bond donors (Lipinski definition) is 1. The van der Waals surface area contributed by atoms with Gasteiger partial charge in [0.25, 0.3) is 5.69 Å². The van der Waals surface area contributed by atoms with Crippen molar-refractivity contribution in [2.24, 2.45) is 0 Å². The van der Waals surface area contributed by atoms with Crippen molar-refractivity contribution in [2.45, 2.75) is 11.8 Å². The first-order valence-electron chi connectivity index (χ1n) is 9.17. The van der Waals surface area contributed by atoms with Gasteiger partial charge in [-0.3, -0.25) is 10.1 Å². The lowest BCUT2D eigenvalue weighted by molar-refractivity contribution is -0.384. The van der Waals surface area contributed by atoms with Gasteiger partial charge in [-0.1, -0.05) is 17.7 Å². The van der Waals surface area contributed by atoms with Gasteiger partial charge in [0, 0.05) is 25.7 Å². The van der Waals surface area contributed by atoms with E-state index in [0.717, 1.165) is 11.6 Å². The monoisotopic (exact) mass is 421 g/mol. The second-order valence-corrected chi connectivity index (χ2v) is 8.48. The van der Waals surface area contributed by atoms with Gasteiger partial charge in [0.2, 0.25) is 10.0 Å². The zero-order valence-corrected chi connectivity index (χ0v) is 16.9. The summed E-state index contributed by atoms with van der Waals surface area (Å²) in [6, 6.07) is 11.4. The van der Waals surface area contributed by atoms with Crippen LogP contribution in [0.3, 0.4) is 0 Å². The molecule has 3 rings (SSSR count). The Morgan fingerprint density at radius 2 is 1.86 bits per heavy atom. The minimum Gasteiger partial charge on any atom is -0.492 e. The molecule has 156 valence electrons. The molecule has 1 aliphatic heterocycles. The number of rotatable bonds is 8. The summed E-state index contributed by atoms with van der Waals surface area (Å²) in [6.45, 7) is 3.68. The molecule has 9 nitrogen and oxygen atoms in total. The number of nitro benzene ring substituents is 1. The first-order valence-corrected chi connectivity index (χ1v) is 10.6. The molecule has 1 saturated heterocycles. The van der Waals surface area contributed by atoms with Crippen molar-refractivity contribution >= 4 is 21.4 Å². The van der Waals surface area contributed by atoms with Gasteiger partial charge in [-0.15, -0.1) is 0 Å². The summed E-state index contributed by atoms with van der Waals surface area (Å²) in [5, 5.41) is 14.4. The Balaban J connectivity index is 1.67. The molecule has 0 radical (unpaired) electrons. The molecule has 1 N–H and O–H groups in total. The van der Waals surface area contributed by atoms with Crippen molar-refractivity contribution in [1.29, 1.82) is 0 Å². The Labute approximate surface area is 169 Å². The van der Waals surface area contributed by atoms with Crippen LogP contribution in [0.25, 0.3) is 0 Å². The lowest BCUT2D eigenvalue weighted by Gasteiger charge is -2.26. The molecule has 0 unspecified atom stereocenters. The maximum absolute atomic E-state index is 12.7. The number of hydrogen-bond acceptors (Lipinski definition) is 7. The van der Waals surface area contributed by atoms with E-state index in [1.165, 1.54) is 16.4 Å². The first-order chi connectivity index (χ1) is 13.9. The van der Waals surface area contributed by atoms with Crippen LogP contribution < -0.4 is 10.1 Å². The van der Waals surface area contributed by atoms with Crippen molar-refractivity contribution in [3.8, 4) is 5.75 Å². The van der Waals surface area contributed by atoms with E-state index in [1.54, 1.807) is 0 Å². The van der Waals surface area contributed by atoms with Gasteiger partial charge in [0.1, 0.15) is 18.0 Å². The standard InChI is InChI=1S/C19H23N3O6S/c1-15-2-4-16(5-3-15)28-11-8-20-18-7-6-17(14-19(18)22(23)24)29(25,26)21-9-12-27-13-10-21/h2-7,14,20H,8-13H2,1H3. The van der Waals surface area contributed by atoms with Crippen molar-refractivity contribution in [1.82, 2.24) is 4.31 Å². The van der Waals surface area contributed by atoms with E-state index in [4.69, 9.17) is 9.47 Å². The van der Waals surface area contributed by atoms with Crippen LogP contribution in [0.4, 0.5) is 11.4 Å². The van der Waals surface area contributed by atoms with Gasteiger partial charge in [0.05, 0.1) is 23.0 Å². The van der Waals surface area contributed by atoms with Crippen LogP contribution in [0.5, 0.6) is 5.75 Å². The van der Waals surface area contributed by atoms with Gasteiger partial charge in [-0.2, -0.15) is 4.31 Å². The molecule has 2 aromatic rings. The number of ether oxygens (including phenoxy) is 2. The molecule has 1 fully saturated rings. The van der Waals surface area contributed by atoms with Crippen molar-refractivity contribution < 1.29 is 22.8 Å². The molecule has 1 aliphatic rings. The Hall–Kier alpha value is -2.69. The number of aryl methyl sites for hydroxylation is 1. The predicted molar refractivity (Wildman–Crippen MR) is 108 cm³/mol. The number of sulfonamides is 1. The predicted octanol–water partition coefficient (Wildman–Crippen LogP) is 2.42. The largest absolute Gasteiger partial charge is 0.492 e. The van der Waals surface area contributed by atoms with Crippen LogP contribution in [0.2, 0.25) is 0 Å². The smallest absolute Gasteiger partial charge is 0.293 e. The summed E-state index contributed by atoms with van der Waals surface area (Å²) < 4.78 is 37.5. The van der Waals surface area contributed by atoms with Crippen LogP contribution in [0, 0.1) is 17.0 Å². The first kappa shape index (κ1) is 21.0. The summed E-state index contributed by atoms with van der Waals surface area (Å²) in [5.41, 5.74) is 1.07. The molecule has 10 heteroatoms. The third kappa shape index (κ3) is 5.22. The van der Waals surface area contributed by atoms with Gasteiger partial charge in [0.15, 0.2) is 0 Å². The Kier molecular flexibility index (Phi) is 6.68. The zero-order chi connectivity index (χ0) is 20.9. The van der Waals surface area contributed by atoms with Crippen LogP contribution in [-0.2, 0) is 14.8 Å². The number of nitro groups is 1. The van der Waals surface area contributed by atoms with E-state index in [9.17, 15) is 18.5 Å². The minimum absolute atomic E-state index is 0.104. The average Bonchev–Trinajstić information content (AvgIpc) is 2.73. The molecule has 0 aliphatic carbocycles. The van der Waals surface area contributed by atoms with Crippen molar-refractivity contribution in [3.05, 3.63) is 58.1 Å². The highest BCUT2D eigenvalue weighted by Gasteiger charge is 2.28. The zero-order valence-electron chi connectivity index (χ0n) is 16.0. The number of morpholine rings is 1.